The van der Waals surface area contributed by atoms with Crippen LogP contribution < -0.4 is 0 Å². The zero-order chi connectivity index (χ0) is 22.6. The Labute approximate surface area is 199 Å². The van der Waals surface area contributed by atoms with E-state index in [0.29, 0.717) is 0 Å². The van der Waals surface area contributed by atoms with Crippen molar-refractivity contribution < 1.29 is 4.79 Å². The molecule has 0 saturated carbocycles. The van der Waals surface area contributed by atoms with Gasteiger partial charge >= 0.3 is 0 Å². The van der Waals surface area contributed by atoms with Gasteiger partial charge in [0.15, 0.2) is 5.78 Å². The fraction of sp³-hybridized carbons (Fsp3) is 0.0606. The van der Waals surface area contributed by atoms with Crippen molar-refractivity contribution in [2.24, 2.45) is 0 Å². The van der Waals surface area contributed by atoms with E-state index in [-0.39, 0.29) is 5.78 Å². The largest absolute Gasteiger partial charge is 0.289 e. The maximum Gasteiger partial charge on any atom is 0.194 e. The summed E-state index contributed by atoms with van der Waals surface area (Å²) >= 11 is 0. The number of benzene rings is 5. The minimum absolute atomic E-state index is 0.149. The highest BCUT2D eigenvalue weighted by Gasteiger charge is 2.25. The predicted molar refractivity (Wildman–Crippen MR) is 138 cm³/mol. The lowest BCUT2D eigenvalue weighted by Gasteiger charge is -2.06. The van der Waals surface area contributed by atoms with E-state index in [1.54, 1.807) is 0 Å². The van der Waals surface area contributed by atoms with Gasteiger partial charge in [-0.3, -0.25) is 4.79 Å². The van der Waals surface area contributed by atoms with Crippen molar-refractivity contribution in [2.75, 3.05) is 0 Å². The zero-order valence-corrected chi connectivity index (χ0v) is 18.7. The van der Waals surface area contributed by atoms with Crippen LogP contribution in [-0.2, 0) is 12.8 Å². The number of fused-ring (bicyclic) bond motifs is 9. The fourth-order valence-electron chi connectivity index (χ4n) is 5.75. The molecule has 0 N–H and O–H groups in total. The topological polar surface area (TPSA) is 17.1 Å². The van der Waals surface area contributed by atoms with Gasteiger partial charge in [-0.2, -0.15) is 0 Å². The molecule has 0 radical (unpaired) electrons. The maximum atomic E-state index is 11.9. The van der Waals surface area contributed by atoms with Gasteiger partial charge in [0.1, 0.15) is 0 Å². The van der Waals surface area contributed by atoms with Crippen molar-refractivity contribution in [2.45, 2.75) is 12.8 Å². The van der Waals surface area contributed by atoms with E-state index < -0.39 is 0 Å². The molecule has 0 aromatic heterocycles. The minimum atomic E-state index is 0.149. The lowest BCUT2D eigenvalue weighted by molar-refractivity contribution is 0.104. The van der Waals surface area contributed by atoms with Crippen LogP contribution >= 0.6 is 0 Å². The van der Waals surface area contributed by atoms with Gasteiger partial charge in [0.05, 0.1) is 0 Å². The fourth-order valence-corrected chi connectivity index (χ4v) is 5.75. The van der Waals surface area contributed by atoms with E-state index in [1.165, 1.54) is 44.5 Å². The molecule has 1 nitrogen and oxygen atoms in total. The zero-order valence-electron chi connectivity index (χ0n) is 18.7. The molecule has 3 aliphatic rings. The maximum absolute atomic E-state index is 11.9. The van der Waals surface area contributed by atoms with Crippen LogP contribution in [0.25, 0.3) is 33.4 Å². The molecular formula is C33H22O. The first-order valence-corrected chi connectivity index (χ1v) is 11.8. The van der Waals surface area contributed by atoms with Crippen molar-refractivity contribution in [3.8, 4) is 33.4 Å². The van der Waals surface area contributed by atoms with Crippen molar-refractivity contribution in [3.63, 3.8) is 0 Å². The SMILES string of the molecule is O=C1c2ccccc2-c2ccccc21.c1ccc2c(c1)Cc1cc3c(cc1-2)Cc1ccccc1-3. The molecule has 0 saturated heterocycles. The molecule has 0 aliphatic heterocycles. The highest BCUT2D eigenvalue weighted by Crippen LogP contribution is 2.44. The molecule has 8 rings (SSSR count). The first kappa shape index (κ1) is 19.3. The average Bonchev–Trinajstić information content (AvgIpc) is 3.53. The summed E-state index contributed by atoms with van der Waals surface area (Å²) in [5.41, 5.74) is 15.5. The van der Waals surface area contributed by atoms with Gasteiger partial charge in [0.25, 0.3) is 0 Å². The monoisotopic (exact) mass is 434 g/mol. The van der Waals surface area contributed by atoms with Crippen molar-refractivity contribution >= 4 is 5.78 Å². The molecule has 0 heterocycles. The highest BCUT2D eigenvalue weighted by molar-refractivity contribution is 6.21. The van der Waals surface area contributed by atoms with Gasteiger partial charge in [0.2, 0.25) is 0 Å². The summed E-state index contributed by atoms with van der Waals surface area (Å²) in [6, 6.07) is 38.0. The first-order valence-electron chi connectivity index (χ1n) is 11.8. The van der Waals surface area contributed by atoms with E-state index in [9.17, 15) is 4.79 Å². The smallest absolute Gasteiger partial charge is 0.194 e. The molecule has 0 unspecified atom stereocenters. The Kier molecular flexibility index (Phi) is 4.19. The number of rotatable bonds is 0. The Bertz CT molecular complexity index is 1500. The molecule has 3 aliphatic carbocycles. The van der Waals surface area contributed by atoms with E-state index in [4.69, 9.17) is 0 Å². The molecule has 160 valence electrons. The van der Waals surface area contributed by atoms with Crippen LogP contribution in [0.3, 0.4) is 0 Å². The third-order valence-electron chi connectivity index (χ3n) is 7.34. The highest BCUT2D eigenvalue weighted by atomic mass is 16.1. The van der Waals surface area contributed by atoms with E-state index >= 15 is 0 Å². The average molecular weight is 435 g/mol. The quantitative estimate of drug-likeness (QED) is 0.239. The van der Waals surface area contributed by atoms with Gasteiger partial charge in [0, 0.05) is 11.1 Å². The van der Waals surface area contributed by atoms with Gasteiger partial charge in [-0.15, -0.1) is 0 Å². The van der Waals surface area contributed by atoms with Crippen LogP contribution in [0, 0.1) is 0 Å². The second-order valence-electron chi connectivity index (χ2n) is 9.25. The summed E-state index contributed by atoms with van der Waals surface area (Å²) in [7, 11) is 0. The Morgan fingerprint density at radius 3 is 1.15 bits per heavy atom. The molecule has 34 heavy (non-hydrogen) atoms. The summed E-state index contributed by atoms with van der Waals surface area (Å²) in [5.74, 6) is 0.149. The van der Waals surface area contributed by atoms with Gasteiger partial charge in [-0.05, 0) is 80.6 Å². The second-order valence-corrected chi connectivity index (χ2v) is 9.25. The van der Waals surface area contributed by atoms with Crippen molar-refractivity contribution in [1.29, 1.82) is 0 Å². The van der Waals surface area contributed by atoms with Gasteiger partial charge in [-0.1, -0.05) is 97.1 Å². The molecule has 0 bridgehead atoms. The van der Waals surface area contributed by atoms with E-state index in [2.05, 4.69) is 60.7 Å². The summed E-state index contributed by atoms with van der Waals surface area (Å²) in [6.45, 7) is 0. The van der Waals surface area contributed by atoms with Crippen molar-refractivity contribution in [1.82, 2.24) is 0 Å². The van der Waals surface area contributed by atoms with Crippen LogP contribution in [0.5, 0.6) is 0 Å². The number of ketones is 1. The normalized spacial score (nSPS) is 13.1. The van der Waals surface area contributed by atoms with Crippen LogP contribution in [-0.4, -0.2) is 5.78 Å². The van der Waals surface area contributed by atoms with Crippen LogP contribution in [0.1, 0.15) is 38.2 Å². The molecule has 1 heteroatoms. The van der Waals surface area contributed by atoms with Crippen molar-refractivity contribution in [3.05, 3.63) is 143 Å². The lowest BCUT2D eigenvalue weighted by atomic mass is 9.98. The Morgan fingerprint density at radius 2 is 0.706 bits per heavy atom. The summed E-state index contributed by atoms with van der Waals surface area (Å²) in [4.78, 5) is 11.9. The molecule has 5 aromatic carbocycles. The Hall–Kier alpha value is -4.23. The summed E-state index contributed by atoms with van der Waals surface area (Å²) in [6.07, 6.45) is 2.17. The minimum Gasteiger partial charge on any atom is -0.289 e. The van der Waals surface area contributed by atoms with Crippen LogP contribution in [0.15, 0.2) is 109 Å². The second kappa shape index (κ2) is 7.40. The first-order chi connectivity index (χ1) is 16.8. The number of hydrogen-bond donors (Lipinski definition) is 0. The number of carbonyl (C=O) groups excluding carboxylic acids is 1. The third kappa shape index (κ3) is 2.84. The van der Waals surface area contributed by atoms with E-state index in [1.807, 2.05) is 48.5 Å². The van der Waals surface area contributed by atoms with E-state index in [0.717, 1.165) is 35.1 Å². The Morgan fingerprint density at radius 1 is 0.353 bits per heavy atom. The lowest BCUT2D eigenvalue weighted by Crippen LogP contribution is -1.93. The van der Waals surface area contributed by atoms with Crippen LogP contribution in [0.2, 0.25) is 0 Å². The van der Waals surface area contributed by atoms with Gasteiger partial charge < -0.3 is 0 Å². The standard InChI is InChI=1S/C20H14.C13H8O/c1-3-7-17-13(5-1)9-15-11-20-16(12-19(15)17)10-14-6-2-4-8-18(14)20;14-13-11-7-3-1-5-9(11)10-6-2-4-8-12(10)13/h1-8,11-12H,9-10H2;1-8H. The molecular weight excluding hydrogens is 412 g/mol. The van der Waals surface area contributed by atoms with Gasteiger partial charge in [-0.25, -0.2) is 0 Å². The summed E-state index contributed by atoms with van der Waals surface area (Å²) < 4.78 is 0. The Balaban J connectivity index is 0.000000126. The number of hydrogen-bond acceptors (Lipinski definition) is 1. The molecule has 5 aromatic rings. The number of carbonyl (C=O) groups is 1. The molecule has 0 spiro atoms. The molecule has 0 amide bonds. The summed E-state index contributed by atoms with van der Waals surface area (Å²) in [5, 5.41) is 0. The molecule has 0 fully saturated rings. The van der Waals surface area contributed by atoms with Crippen LogP contribution in [0.4, 0.5) is 0 Å². The third-order valence-corrected chi connectivity index (χ3v) is 7.34. The molecule has 0 atom stereocenters. The predicted octanol–water partition coefficient (Wildman–Crippen LogP) is 7.73.